The lowest BCUT2D eigenvalue weighted by Gasteiger charge is -2.41. The van der Waals surface area contributed by atoms with Crippen molar-refractivity contribution in [1.29, 1.82) is 0 Å². The standard InChI is InChI=1S/C13H16O2/c1-9-5-4-6-10(7-9)15-12-8-11(14)13(12,2)3/h4-7,12H,8H2,1-3H3. The van der Waals surface area contributed by atoms with E-state index in [-0.39, 0.29) is 11.5 Å². The summed E-state index contributed by atoms with van der Waals surface area (Å²) in [5.74, 6) is 1.15. The third-order valence-electron chi connectivity index (χ3n) is 3.16. The number of carbonyl (C=O) groups is 1. The van der Waals surface area contributed by atoms with Crippen LogP contribution < -0.4 is 4.74 Å². The van der Waals surface area contributed by atoms with Gasteiger partial charge in [0.1, 0.15) is 17.6 Å². The minimum Gasteiger partial charge on any atom is -0.489 e. The van der Waals surface area contributed by atoms with E-state index in [2.05, 4.69) is 0 Å². The second kappa shape index (κ2) is 3.37. The van der Waals surface area contributed by atoms with Crippen LogP contribution >= 0.6 is 0 Å². The van der Waals surface area contributed by atoms with E-state index in [1.165, 1.54) is 5.56 Å². The number of aryl methyl sites for hydroxylation is 1. The van der Waals surface area contributed by atoms with E-state index in [0.717, 1.165) is 5.75 Å². The Balaban J connectivity index is 2.08. The molecule has 1 aliphatic carbocycles. The van der Waals surface area contributed by atoms with Gasteiger partial charge >= 0.3 is 0 Å². The third-order valence-corrected chi connectivity index (χ3v) is 3.16. The topological polar surface area (TPSA) is 26.3 Å². The number of rotatable bonds is 2. The Labute approximate surface area is 90.3 Å². The highest BCUT2D eigenvalue weighted by Gasteiger charge is 2.49. The molecule has 1 saturated carbocycles. The van der Waals surface area contributed by atoms with Crippen LogP contribution in [0.2, 0.25) is 0 Å². The summed E-state index contributed by atoms with van der Waals surface area (Å²) in [5.41, 5.74) is 0.861. The molecule has 0 radical (unpaired) electrons. The molecule has 0 spiro atoms. The van der Waals surface area contributed by atoms with Crippen LogP contribution in [0.5, 0.6) is 5.75 Å². The Morgan fingerprint density at radius 2 is 2.13 bits per heavy atom. The maximum atomic E-state index is 11.3. The molecule has 0 N–H and O–H groups in total. The first kappa shape index (κ1) is 10.2. The highest BCUT2D eigenvalue weighted by molar-refractivity contribution is 5.91. The lowest BCUT2D eigenvalue weighted by molar-refractivity contribution is -0.148. The van der Waals surface area contributed by atoms with Crippen molar-refractivity contribution < 1.29 is 9.53 Å². The zero-order valence-corrected chi connectivity index (χ0v) is 9.41. The van der Waals surface area contributed by atoms with Crippen molar-refractivity contribution in [2.24, 2.45) is 5.41 Å². The summed E-state index contributed by atoms with van der Waals surface area (Å²) in [6.07, 6.45) is 0.577. The number of hydrogen-bond acceptors (Lipinski definition) is 2. The number of ether oxygens (including phenoxy) is 1. The van der Waals surface area contributed by atoms with Gasteiger partial charge in [0.25, 0.3) is 0 Å². The molecule has 15 heavy (non-hydrogen) atoms. The molecule has 0 amide bonds. The summed E-state index contributed by atoms with van der Waals surface area (Å²) in [5, 5.41) is 0. The molecule has 1 atom stereocenters. The minimum atomic E-state index is -0.316. The molecular formula is C13H16O2. The van der Waals surface area contributed by atoms with E-state index in [1.54, 1.807) is 0 Å². The Morgan fingerprint density at radius 3 is 2.67 bits per heavy atom. The van der Waals surface area contributed by atoms with Gasteiger partial charge < -0.3 is 4.74 Å². The normalized spacial score (nSPS) is 23.4. The van der Waals surface area contributed by atoms with Gasteiger partial charge in [0.05, 0.1) is 5.41 Å². The van der Waals surface area contributed by atoms with Gasteiger partial charge in [-0.1, -0.05) is 12.1 Å². The van der Waals surface area contributed by atoms with Crippen molar-refractivity contribution in [3.63, 3.8) is 0 Å². The maximum absolute atomic E-state index is 11.3. The van der Waals surface area contributed by atoms with Gasteiger partial charge in [0, 0.05) is 6.42 Å². The number of hydrogen-bond donors (Lipinski definition) is 0. The van der Waals surface area contributed by atoms with E-state index in [0.29, 0.717) is 12.2 Å². The molecule has 0 bridgehead atoms. The highest BCUT2D eigenvalue weighted by Crippen LogP contribution is 2.39. The molecule has 0 saturated heterocycles. The van der Waals surface area contributed by atoms with Gasteiger partial charge in [-0.2, -0.15) is 0 Å². The molecular weight excluding hydrogens is 188 g/mol. The second-order valence-electron chi connectivity index (χ2n) is 4.77. The van der Waals surface area contributed by atoms with Gasteiger partial charge in [-0.15, -0.1) is 0 Å². The van der Waals surface area contributed by atoms with E-state index >= 15 is 0 Å². The molecule has 2 nitrogen and oxygen atoms in total. The second-order valence-corrected chi connectivity index (χ2v) is 4.77. The maximum Gasteiger partial charge on any atom is 0.145 e. The van der Waals surface area contributed by atoms with Crippen LogP contribution in [0.4, 0.5) is 0 Å². The molecule has 1 aliphatic rings. The highest BCUT2D eigenvalue weighted by atomic mass is 16.5. The molecule has 2 rings (SSSR count). The van der Waals surface area contributed by atoms with Crippen LogP contribution in [0.1, 0.15) is 25.8 Å². The first-order valence-electron chi connectivity index (χ1n) is 5.27. The SMILES string of the molecule is Cc1cccc(OC2CC(=O)C2(C)C)c1. The predicted octanol–water partition coefficient (Wildman–Crippen LogP) is 2.74. The van der Waals surface area contributed by atoms with Crippen LogP contribution in [0.15, 0.2) is 24.3 Å². The van der Waals surface area contributed by atoms with Gasteiger partial charge in [0.2, 0.25) is 0 Å². The summed E-state index contributed by atoms with van der Waals surface area (Å²) >= 11 is 0. The van der Waals surface area contributed by atoms with Crippen LogP contribution in [0.3, 0.4) is 0 Å². The van der Waals surface area contributed by atoms with Crippen LogP contribution in [-0.2, 0) is 4.79 Å². The van der Waals surface area contributed by atoms with Crippen molar-refractivity contribution in [1.82, 2.24) is 0 Å². The largest absolute Gasteiger partial charge is 0.489 e. The molecule has 1 fully saturated rings. The Morgan fingerprint density at radius 1 is 1.40 bits per heavy atom. The molecule has 2 heteroatoms. The van der Waals surface area contributed by atoms with Crippen LogP contribution in [0.25, 0.3) is 0 Å². The zero-order valence-electron chi connectivity index (χ0n) is 9.41. The molecule has 1 unspecified atom stereocenters. The van der Waals surface area contributed by atoms with Crippen molar-refractivity contribution >= 4 is 5.78 Å². The minimum absolute atomic E-state index is 0.0341. The summed E-state index contributed by atoms with van der Waals surface area (Å²) in [4.78, 5) is 11.3. The molecule has 1 aromatic rings. The molecule has 0 aromatic heterocycles. The zero-order chi connectivity index (χ0) is 11.1. The molecule has 0 aliphatic heterocycles. The van der Waals surface area contributed by atoms with E-state index < -0.39 is 0 Å². The molecule has 0 heterocycles. The number of ketones is 1. The summed E-state index contributed by atoms with van der Waals surface area (Å²) < 4.78 is 5.80. The monoisotopic (exact) mass is 204 g/mol. The van der Waals surface area contributed by atoms with Gasteiger partial charge in [-0.25, -0.2) is 0 Å². The van der Waals surface area contributed by atoms with Crippen molar-refractivity contribution in [3.05, 3.63) is 29.8 Å². The van der Waals surface area contributed by atoms with Gasteiger partial charge in [0.15, 0.2) is 0 Å². The Bertz CT molecular complexity index is 393. The van der Waals surface area contributed by atoms with E-state index in [9.17, 15) is 4.79 Å². The molecule has 80 valence electrons. The first-order valence-corrected chi connectivity index (χ1v) is 5.27. The van der Waals surface area contributed by atoms with E-state index in [1.807, 2.05) is 45.0 Å². The fourth-order valence-corrected chi connectivity index (χ4v) is 1.78. The summed E-state index contributed by atoms with van der Waals surface area (Å²) in [6.45, 7) is 5.92. The Hall–Kier alpha value is -1.31. The van der Waals surface area contributed by atoms with Gasteiger partial charge in [-0.05, 0) is 38.5 Å². The lowest BCUT2D eigenvalue weighted by Crippen LogP contribution is -2.52. The van der Waals surface area contributed by atoms with E-state index in [4.69, 9.17) is 4.74 Å². The number of benzene rings is 1. The number of carbonyl (C=O) groups excluding carboxylic acids is 1. The number of Topliss-reactive ketones (excluding diaryl/α,β-unsaturated/α-hetero) is 1. The quantitative estimate of drug-likeness (QED) is 0.740. The van der Waals surface area contributed by atoms with Crippen LogP contribution in [0, 0.1) is 12.3 Å². The van der Waals surface area contributed by atoms with Crippen LogP contribution in [-0.4, -0.2) is 11.9 Å². The average Bonchev–Trinajstić information content (AvgIpc) is 2.17. The summed E-state index contributed by atoms with van der Waals surface area (Å²) in [6, 6.07) is 7.94. The van der Waals surface area contributed by atoms with Crippen molar-refractivity contribution in [2.45, 2.75) is 33.3 Å². The van der Waals surface area contributed by atoms with Crippen molar-refractivity contribution in [2.75, 3.05) is 0 Å². The molecule has 1 aromatic carbocycles. The Kier molecular flexibility index (Phi) is 2.29. The summed E-state index contributed by atoms with van der Waals surface area (Å²) in [7, 11) is 0. The fraction of sp³-hybridized carbons (Fsp3) is 0.462. The smallest absolute Gasteiger partial charge is 0.145 e. The lowest BCUT2D eigenvalue weighted by atomic mass is 9.68. The third kappa shape index (κ3) is 1.76. The fourth-order valence-electron chi connectivity index (χ4n) is 1.78. The average molecular weight is 204 g/mol. The van der Waals surface area contributed by atoms with Crippen molar-refractivity contribution in [3.8, 4) is 5.75 Å². The van der Waals surface area contributed by atoms with Gasteiger partial charge in [-0.3, -0.25) is 4.79 Å². The first-order chi connectivity index (χ1) is 7.00. The predicted molar refractivity (Wildman–Crippen MR) is 59.0 cm³/mol.